The number of rotatable bonds is 5. The van der Waals surface area contributed by atoms with Crippen molar-refractivity contribution in [2.45, 2.75) is 24.8 Å². The Morgan fingerprint density at radius 2 is 1.88 bits per heavy atom. The first kappa shape index (κ1) is 18.2. The number of aromatic nitrogens is 2. The molecular formula is C16H23N5O2S2. The Morgan fingerprint density at radius 3 is 2.44 bits per heavy atom. The molecule has 2 aromatic heterocycles. The van der Waals surface area contributed by atoms with Crippen LogP contribution < -0.4 is 5.32 Å². The van der Waals surface area contributed by atoms with Gasteiger partial charge in [0.05, 0.1) is 6.04 Å². The van der Waals surface area contributed by atoms with Crippen LogP contribution >= 0.6 is 11.3 Å². The number of nitrogens with zero attached hydrogens (tertiary/aromatic N) is 4. The molecule has 0 bridgehead atoms. The van der Waals surface area contributed by atoms with E-state index >= 15 is 0 Å². The molecule has 3 rings (SSSR count). The van der Waals surface area contributed by atoms with E-state index in [1.54, 1.807) is 23.5 Å². The highest BCUT2D eigenvalue weighted by Gasteiger charge is 2.27. The maximum absolute atomic E-state index is 12.7. The maximum Gasteiger partial charge on any atom is 0.244 e. The minimum Gasteiger partial charge on any atom is -0.361 e. The summed E-state index contributed by atoms with van der Waals surface area (Å²) in [4.78, 5) is 12.2. The summed E-state index contributed by atoms with van der Waals surface area (Å²) in [6.07, 6.45) is 3.27. The molecule has 1 saturated heterocycles. The summed E-state index contributed by atoms with van der Waals surface area (Å²) in [6, 6.07) is 3.34. The first-order valence-electron chi connectivity index (χ1n) is 8.20. The third-order valence-corrected chi connectivity index (χ3v) is 7.19. The van der Waals surface area contributed by atoms with E-state index in [0.717, 1.165) is 23.0 Å². The summed E-state index contributed by atoms with van der Waals surface area (Å²) in [5.41, 5.74) is 0. The van der Waals surface area contributed by atoms with Gasteiger partial charge in [0.1, 0.15) is 15.7 Å². The Morgan fingerprint density at radius 1 is 1.16 bits per heavy atom. The molecule has 0 saturated carbocycles. The van der Waals surface area contributed by atoms with E-state index < -0.39 is 10.0 Å². The lowest BCUT2D eigenvalue weighted by Gasteiger charge is -2.31. The fourth-order valence-corrected chi connectivity index (χ4v) is 4.80. The van der Waals surface area contributed by atoms with Gasteiger partial charge >= 0.3 is 0 Å². The van der Waals surface area contributed by atoms with E-state index in [9.17, 15) is 8.42 Å². The number of sulfonamides is 1. The molecule has 1 unspecified atom stereocenters. The van der Waals surface area contributed by atoms with Crippen LogP contribution in [0.25, 0.3) is 0 Å². The lowest BCUT2D eigenvalue weighted by molar-refractivity contribution is 0.222. The largest absolute Gasteiger partial charge is 0.361 e. The number of hydrogen-bond acceptors (Lipinski definition) is 7. The van der Waals surface area contributed by atoms with Crippen LogP contribution in [0.15, 0.2) is 29.4 Å². The van der Waals surface area contributed by atoms with Gasteiger partial charge in [-0.3, -0.25) is 0 Å². The van der Waals surface area contributed by atoms with Crippen molar-refractivity contribution >= 4 is 27.2 Å². The Hall–Kier alpha value is -1.55. The minimum absolute atomic E-state index is 0.0197. The molecule has 1 N–H and O–H groups in total. The standard InChI is InChI=1S/C16H23N5O2S2/c1-12-10-18-16(24-12)13(2)19-15-5-4-14(11-17-15)25(22,23)21-8-6-20(3)7-9-21/h4-5,10-11,13H,6-9H2,1-3H3,(H,17,19). The Kier molecular flexibility index (Phi) is 5.38. The molecule has 25 heavy (non-hydrogen) atoms. The van der Waals surface area contributed by atoms with Crippen LogP contribution in [-0.4, -0.2) is 60.8 Å². The van der Waals surface area contributed by atoms with Crippen LogP contribution in [-0.2, 0) is 10.0 Å². The van der Waals surface area contributed by atoms with Gasteiger partial charge in [-0.05, 0) is 33.0 Å². The van der Waals surface area contributed by atoms with Crippen molar-refractivity contribution in [1.82, 2.24) is 19.2 Å². The lowest BCUT2D eigenvalue weighted by Crippen LogP contribution is -2.47. The average Bonchev–Trinajstić information content (AvgIpc) is 3.02. The predicted molar refractivity (Wildman–Crippen MR) is 99.4 cm³/mol. The van der Waals surface area contributed by atoms with Crippen LogP contribution in [0.2, 0.25) is 0 Å². The van der Waals surface area contributed by atoms with Crippen LogP contribution in [0.5, 0.6) is 0 Å². The molecule has 0 amide bonds. The van der Waals surface area contributed by atoms with Gasteiger partial charge in [-0.1, -0.05) is 0 Å². The second-order valence-electron chi connectivity index (χ2n) is 6.26. The lowest BCUT2D eigenvalue weighted by atomic mass is 10.3. The SMILES string of the molecule is Cc1cnc(C(C)Nc2ccc(S(=O)(=O)N3CCN(C)CC3)cn2)s1. The van der Waals surface area contributed by atoms with Crippen molar-refractivity contribution in [2.24, 2.45) is 0 Å². The van der Waals surface area contributed by atoms with Crippen LogP contribution in [0.3, 0.4) is 0 Å². The highest BCUT2D eigenvalue weighted by Crippen LogP contribution is 2.23. The van der Waals surface area contributed by atoms with Crippen molar-refractivity contribution < 1.29 is 8.42 Å². The number of thiazole rings is 1. The summed E-state index contributed by atoms with van der Waals surface area (Å²) >= 11 is 1.63. The molecule has 3 heterocycles. The number of nitrogens with one attached hydrogen (secondary N) is 1. The van der Waals surface area contributed by atoms with Gasteiger partial charge in [-0.25, -0.2) is 18.4 Å². The molecule has 9 heteroatoms. The second kappa shape index (κ2) is 7.36. The first-order chi connectivity index (χ1) is 11.9. The third kappa shape index (κ3) is 4.17. The molecule has 7 nitrogen and oxygen atoms in total. The number of hydrogen-bond donors (Lipinski definition) is 1. The van der Waals surface area contributed by atoms with E-state index in [1.165, 1.54) is 10.5 Å². The maximum atomic E-state index is 12.7. The van der Waals surface area contributed by atoms with Crippen LogP contribution in [0.1, 0.15) is 22.9 Å². The minimum atomic E-state index is -3.47. The van der Waals surface area contributed by atoms with Gasteiger partial charge in [0, 0.05) is 43.4 Å². The third-order valence-electron chi connectivity index (χ3n) is 4.21. The summed E-state index contributed by atoms with van der Waals surface area (Å²) in [5.74, 6) is 0.637. The molecule has 0 radical (unpaired) electrons. The van der Waals surface area contributed by atoms with Gasteiger partial charge in [0.2, 0.25) is 10.0 Å². The summed E-state index contributed by atoms with van der Waals surface area (Å²) in [5, 5.41) is 4.24. The summed E-state index contributed by atoms with van der Waals surface area (Å²) in [7, 11) is -1.48. The molecular weight excluding hydrogens is 358 g/mol. The van der Waals surface area contributed by atoms with Gasteiger partial charge in [0.15, 0.2) is 0 Å². The van der Waals surface area contributed by atoms with Gasteiger partial charge in [-0.15, -0.1) is 11.3 Å². The fraction of sp³-hybridized carbons (Fsp3) is 0.500. The second-order valence-corrected chi connectivity index (χ2v) is 9.47. The van der Waals surface area contributed by atoms with Crippen molar-refractivity contribution in [3.63, 3.8) is 0 Å². The molecule has 2 aromatic rings. The monoisotopic (exact) mass is 381 g/mol. The van der Waals surface area contributed by atoms with Crippen molar-refractivity contribution in [2.75, 3.05) is 38.5 Å². The summed E-state index contributed by atoms with van der Waals surface area (Å²) < 4.78 is 26.9. The average molecular weight is 382 g/mol. The van der Waals surface area contributed by atoms with Crippen molar-refractivity contribution in [3.05, 3.63) is 34.4 Å². The predicted octanol–water partition coefficient (Wildman–Crippen LogP) is 1.96. The highest BCUT2D eigenvalue weighted by molar-refractivity contribution is 7.89. The molecule has 0 aliphatic carbocycles. The number of pyridine rings is 1. The molecule has 1 aliphatic heterocycles. The molecule has 1 atom stereocenters. The Labute approximate surface area is 152 Å². The van der Waals surface area contributed by atoms with E-state index in [0.29, 0.717) is 18.9 Å². The quantitative estimate of drug-likeness (QED) is 0.853. The molecule has 1 aliphatic rings. The zero-order valence-corrected chi connectivity index (χ0v) is 16.3. The zero-order chi connectivity index (χ0) is 18.0. The van der Waals surface area contributed by atoms with E-state index in [4.69, 9.17) is 0 Å². The van der Waals surface area contributed by atoms with E-state index in [2.05, 4.69) is 20.2 Å². The zero-order valence-electron chi connectivity index (χ0n) is 14.6. The number of aryl methyl sites for hydroxylation is 1. The van der Waals surface area contributed by atoms with Gasteiger partial charge < -0.3 is 10.2 Å². The van der Waals surface area contributed by atoms with Crippen molar-refractivity contribution in [1.29, 1.82) is 0 Å². The fourth-order valence-electron chi connectivity index (χ4n) is 2.65. The highest BCUT2D eigenvalue weighted by atomic mass is 32.2. The molecule has 136 valence electrons. The van der Waals surface area contributed by atoms with E-state index in [1.807, 2.05) is 27.1 Å². The Balaban J connectivity index is 1.69. The topological polar surface area (TPSA) is 78.4 Å². The normalized spacial score (nSPS) is 18.2. The van der Waals surface area contributed by atoms with E-state index in [-0.39, 0.29) is 10.9 Å². The number of anilines is 1. The molecule has 1 fully saturated rings. The van der Waals surface area contributed by atoms with Gasteiger partial charge in [0.25, 0.3) is 0 Å². The number of likely N-dealkylation sites (N-methyl/N-ethyl adjacent to an activating group) is 1. The molecule has 0 aromatic carbocycles. The van der Waals surface area contributed by atoms with Crippen LogP contribution in [0.4, 0.5) is 5.82 Å². The van der Waals surface area contributed by atoms with Gasteiger partial charge in [-0.2, -0.15) is 4.31 Å². The smallest absolute Gasteiger partial charge is 0.244 e. The Bertz CT molecular complexity index is 811. The van der Waals surface area contributed by atoms with Crippen LogP contribution in [0, 0.1) is 6.92 Å². The first-order valence-corrected chi connectivity index (χ1v) is 10.5. The summed E-state index contributed by atoms with van der Waals surface area (Å²) in [6.45, 7) is 6.55. The van der Waals surface area contributed by atoms with Crippen molar-refractivity contribution in [3.8, 4) is 0 Å². The molecule has 0 spiro atoms. The number of piperazine rings is 1.